The van der Waals surface area contributed by atoms with Crippen molar-refractivity contribution in [2.75, 3.05) is 0 Å². The van der Waals surface area contributed by atoms with Crippen molar-refractivity contribution in [2.45, 2.75) is 93.4 Å². The molecule has 18 nitrogen and oxygen atoms in total. The van der Waals surface area contributed by atoms with Gasteiger partial charge in [0.2, 0.25) is 16.1 Å². The molecule has 428 valence electrons. The van der Waals surface area contributed by atoms with Gasteiger partial charge < -0.3 is 43.3 Å². The Labute approximate surface area is 559 Å². The standard InChI is InChI=1S/C12H13N3O2.C12H12N2O2.C7H9NOS2.C6H7NO3.C6H7NOS2.C6H7NS3.3Al.3Ir.3H/c1-2-6-10-13-11(12(16)17)14-15(10)9-7-4-3-5-8-9;1-2-9-8-14(11(13-9)12(15)16)10-6-4-3-5-7-10;1-3-5-8-6(7(9)10)4(2)11-5;1-2-4-3-10-5(7-4)6(8)9;1-2-5-7-4(3-10-5)6(8)9;1-2-4-3-10-5(7-4)6(8)9;;;;;;;;;/h3-5,7-8H,2,6H2,1H3,(H,16,17);3-8H,2H2,1H3,(H,15,16);3H2,1-2H3,(H,9,10);3*3H,2H2,1H3,(H,8,9);;;;;;;;;/q;;;;;;3*+1;;;;;;/p-4. The van der Waals surface area contributed by atoms with Crippen molar-refractivity contribution in [3.8, 4) is 11.4 Å². The molecule has 0 spiro atoms. The number of thiazole rings is 3. The zero-order chi connectivity index (χ0) is 57.0. The van der Waals surface area contributed by atoms with Gasteiger partial charge in [-0.3, -0.25) is 14.2 Å². The quantitative estimate of drug-likeness (QED) is 0.0551. The van der Waals surface area contributed by atoms with Crippen molar-refractivity contribution in [1.82, 2.24) is 44.3 Å². The van der Waals surface area contributed by atoms with Gasteiger partial charge in [0.15, 0.2) is 0 Å². The van der Waals surface area contributed by atoms with E-state index in [1.807, 2.05) is 106 Å². The predicted octanol–water partition coefficient (Wildman–Crippen LogP) is 9.28. The summed E-state index contributed by atoms with van der Waals surface area (Å²) in [6.45, 7) is 14.0. The van der Waals surface area contributed by atoms with Crippen molar-refractivity contribution >= 4 is 158 Å². The number of thiocarbonyl (C=S) groups is 1. The van der Waals surface area contributed by atoms with Crippen LogP contribution in [-0.2, 0) is 115 Å². The molecule has 6 aromatic heterocycles. The van der Waals surface area contributed by atoms with Crippen LogP contribution >= 0.6 is 66.5 Å². The number of benzene rings is 2. The van der Waals surface area contributed by atoms with Crippen LogP contribution in [0.5, 0.6) is 0 Å². The Balaban J connectivity index is 0.000000943. The summed E-state index contributed by atoms with van der Waals surface area (Å²) >= 11 is 18.6. The van der Waals surface area contributed by atoms with Gasteiger partial charge in [0.05, 0.1) is 32.8 Å². The molecule has 8 aromatic rings. The number of aryl methyl sites for hydroxylation is 7. The molecule has 0 saturated carbocycles. The maximum absolute atomic E-state index is 11.5. The van der Waals surface area contributed by atoms with Crippen LogP contribution in [0, 0.1) is 6.92 Å². The number of oxazole rings is 1. The molecule has 2 aromatic carbocycles. The van der Waals surface area contributed by atoms with Gasteiger partial charge in [0.1, 0.15) is 28.5 Å². The molecule has 0 fully saturated rings. The average Bonchev–Trinajstić information content (AvgIpc) is 4.33. The fraction of sp³-hybridized carbons (Fsp3) is 0.286. The molecule has 0 unspecified atom stereocenters. The van der Waals surface area contributed by atoms with Crippen molar-refractivity contribution in [2.24, 2.45) is 0 Å². The smallest absolute Gasteiger partial charge is 0.497 e. The summed E-state index contributed by atoms with van der Waals surface area (Å²) in [6, 6.07) is 19.0. The van der Waals surface area contributed by atoms with Crippen molar-refractivity contribution in [3.05, 3.63) is 156 Å². The van der Waals surface area contributed by atoms with Crippen molar-refractivity contribution in [1.29, 1.82) is 0 Å². The van der Waals surface area contributed by atoms with Gasteiger partial charge in [0.25, 0.3) is 36.1 Å². The number of rotatable bonds is 15. The fourth-order valence-electron chi connectivity index (χ4n) is 5.82. The van der Waals surface area contributed by atoms with Gasteiger partial charge in [-0.2, -0.15) is 0 Å². The number of imidazole rings is 1. The summed E-state index contributed by atoms with van der Waals surface area (Å²) in [4.78, 5) is 80.6. The van der Waals surface area contributed by atoms with Crippen LogP contribution in [0.3, 0.4) is 0 Å². The minimum absolute atomic E-state index is 0. The third-order valence-corrected chi connectivity index (χ3v) is 16.1. The second kappa shape index (κ2) is 42.1. The largest absolute Gasteiger partial charge is 0.619 e. The molecule has 80 heavy (non-hydrogen) atoms. The van der Waals surface area contributed by atoms with Crippen molar-refractivity contribution < 1.29 is 103 Å². The summed E-state index contributed by atoms with van der Waals surface area (Å²) in [6.07, 6.45) is 9.01. The SMILES string of the molecule is CCCc1nc(C(=O)[O][AlH])nn1-c1ccccc1.CCc1cn(-c2ccccc2)c(C(=O)O)n1.CCc1coc(C(=O)O)n1.CCc1csc(C(=S)[S-])n1.CCc1nc(C(=O)[S][AlH])c(C)s1.CCc1nc(C(=O)[S][AlH])cs1.[Ir].[Ir].[Ir]. The molecule has 8 rings (SSSR count). The van der Waals surface area contributed by atoms with E-state index in [4.69, 9.17) is 35.1 Å². The number of carbonyl (C=O) groups is 5. The van der Waals surface area contributed by atoms with Crippen LogP contribution in [0.4, 0.5) is 0 Å². The molecule has 0 aliphatic heterocycles. The summed E-state index contributed by atoms with van der Waals surface area (Å²) in [5.74, 6) is -1.94. The van der Waals surface area contributed by atoms with Crippen LogP contribution in [0.2, 0.25) is 0 Å². The average molecular weight is 1800 g/mol. The molecule has 0 bridgehead atoms. The molecule has 0 atom stereocenters. The molecule has 0 saturated heterocycles. The summed E-state index contributed by atoms with van der Waals surface area (Å²) < 4.78 is 13.0. The normalized spacial score (nSPS) is 9.69. The van der Waals surface area contributed by atoms with E-state index < -0.39 is 17.9 Å². The number of hydrogen-bond donors (Lipinski definition) is 2. The number of carbonyl (C=O) groups excluding carboxylic acids is 3. The molecule has 6 heterocycles. The number of hydrogen-bond acceptors (Lipinski definition) is 21. The van der Waals surface area contributed by atoms with Crippen LogP contribution in [0.1, 0.15) is 144 Å². The Morgan fingerprint density at radius 2 is 1.30 bits per heavy atom. The number of aromatic nitrogens is 9. The topological polar surface area (TPSA) is 248 Å². The maximum Gasteiger partial charge on any atom is 0.497 e. The number of nitrogens with zero attached hydrogens (tertiary/aromatic N) is 9. The Morgan fingerprint density at radius 1 is 0.713 bits per heavy atom. The third-order valence-electron chi connectivity index (χ3n) is 9.65. The molecule has 0 amide bonds. The first-order chi connectivity index (χ1) is 36.9. The monoisotopic (exact) mass is 1800 g/mol. The number of carboxylic acids is 2. The molecule has 0 aliphatic carbocycles. The van der Waals surface area contributed by atoms with Gasteiger partial charge in [-0.05, 0) is 69.7 Å². The third kappa shape index (κ3) is 25.6. The zero-order valence-electron chi connectivity index (χ0n) is 44.3. The minimum atomic E-state index is -1.13. The zero-order valence-corrected chi connectivity index (χ0v) is 61.4. The second-order valence-electron chi connectivity index (χ2n) is 15.0. The van der Waals surface area contributed by atoms with Gasteiger partial charge in [-0.25, -0.2) is 69.2 Å². The number of para-hydroxylation sites is 2. The van der Waals surface area contributed by atoms with Gasteiger partial charge in [-0.1, -0.05) is 82.1 Å². The molecule has 0 aliphatic rings. The molecule has 6 radical (unpaired) electrons. The van der Waals surface area contributed by atoms with Crippen molar-refractivity contribution in [3.63, 3.8) is 0 Å². The number of aromatic carboxylic acids is 2. The van der Waals surface area contributed by atoms with E-state index in [1.165, 1.54) is 37.9 Å². The summed E-state index contributed by atoms with van der Waals surface area (Å²) in [5.41, 5.74) is 5.48. The Hall–Kier alpha value is -2.80. The van der Waals surface area contributed by atoms with Crippen LogP contribution in [0.25, 0.3) is 11.4 Å². The van der Waals surface area contributed by atoms with E-state index >= 15 is 0 Å². The van der Waals surface area contributed by atoms with Crippen LogP contribution in [-0.4, -0.2) is 134 Å². The summed E-state index contributed by atoms with van der Waals surface area (Å²) in [5, 5.41) is 28.5. The van der Waals surface area contributed by atoms with E-state index in [1.54, 1.807) is 68.4 Å². The summed E-state index contributed by atoms with van der Waals surface area (Å²) in [7, 11) is 2.48. The number of carboxylic acid groups (broad SMARTS) is 2. The maximum atomic E-state index is 11.5. The van der Waals surface area contributed by atoms with Gasteiger partial charge >= 0.3 is 40.4 Å². The molecule has 31 heteroatoms. The molecular formula is C49H54Al3Ir3N9O9S7-. The van der Waals surface area contributed by atoms with E-state index in [-0.39, 0.29) is 88.1 Å². The molecular weight excluding hydrogens is 1740 g/mol. The second-order valence-corrected chi connectivity index (χ2v) is 22.5. The van der Waals surface area contributed by atoms with E-state index in [9.17, 15) is 24.0 Å². The molecule has 2 N–H and O–H groups in total. The van der Waals surface area contributed by atoms with E-state index in [2.05, 4.69) is 57.1 Å². The minimum Gasteiger partial charge on any atom is -0.619 e. The van der Waals surface area contributed by atoms with Crippen LogP contribution < -0.4 is 0 Å². The fourth-order valence-corrected chi connectivity index (χ4v) is 10.2. The van der Waals surface area contributed by atoms with E-state index in [0.717, 1.165) is 104 Å². The van der Waals surface area contributed by atoms with Gasteiger partial charge in [-0.15, -0.1) is 39.1 Å². The van der Waals surface area contributed by atoms with Gasteiger partial charge in [0, 0.05) is 94.3 Å². The van der Waals surface area contributed by atoms with Crippen LogP contribution in [0.15, 0.2) is 88.3 Å². The predicted molar refractivity (Wildman–Crippen MR) is 317 cm³/mol. The first-order valence-electron chi connectivity index (χ1n) is 23.4. The Morgan fingerprint density at radius 3 is 1.73 bits per heavy atom. The Kier molecular flexibility index (Phi) is 40.6. The first-order valence-corrected chi connectivity index (χ1v) is 32.8. The first kappa shape index (κ1) is 77.2. The Bertz CT molecular complexity index is 3110. The van der Waals surface area contributed by atoms with E-state index in [0.29, 0.717) is 27.7 Å².